The van der Waals surface area contributed by atoms with Crippen LogP contribution in [0.5, 0.6) is 5.75 Å². The summed E-state index contributed by atoms with van der Waals surface area (Å²) in [5.41, 5.74) is 3.19. The number of carbonyl (C=O) groups is 1. The van der Waals surface area contributed by atoms with Crippen molar-refractivity contribution in [1.29, 1.82) is 0 Å². The SMILES string of the molecule is Cc1cc(OC(C)C(=O)Nc2nc(-c3ccc(S(=O)(=O)N4CCCC4)cc3)cs2)cc(C)c1Cl. The third-order valence-corrected chi connectivity index (χ3v) is 8.95. The van der Waals surface area contributed by atoms with E-state index in [1.165, 1.54) is 15.6 Å². The van der Waals surface area contributed by atoms with Gasteiger partial charge in [0.25, 0.3) is 5.91 Å². The van der Waals surface area contributed by atoms with Crippen LogP contribution in [-0.2, 0) is 14.8 Å². The summed E-state index contributed by atoms with van der Waals surface area (Å²) < 4.78 is 32.7. The van der Waals surface area contributed by atoms with Gasteiger partial charge in [-0.2, -0.15) is 4.31 Å². The first kappa shape index (κ1) is 24.7. The number of sulfonamides is 1. The molecule has 1 aliphatic heterocycles. The van der Waals surface area contributed by atoms with E-state index in [9.17, 15) is 13.2 Å². The van der Waals surface area contributed by atoms with Gasteiger partial charge in [-0.15, -0.1) is 11.3 Å². The van der Waals surface area contributed by atoms with Crippen molar-refractivity contribution in [2.24, 2.45) is 0 Å². The third kappa shape index (κ3) is 5.27. The lowest BCUT2D eigenvalue weighted by molar-refractivity contribution is -0.122. The fraction of sp³-hybridized carbons (Fsp3) is 0.333. The summed E-state index contributed by atoms with van der Waals surface area (Å²) in [5, 5.41) is 5.72. The summed E-state index contributed by atoms with van der Waals surface area (Å²) in [4.78, 5) is 17.4. The van der Waals surface area contributed by atoms with Crippen LogP contribution in [0.3, 0.4) is 0 Å². The van der Waals surface area contributed by atoms with Crippen molar-refractivity contribution in [3.63, 3.8) is 0 Å². The fourth-order valence-electron chi connectivity index (χ4n) is 3.78. The van der Waals surface area contributed by atoms with Crippen molar-refractivity contribution in [2.75, 3.05) is 18.4 Å². The molecule has 10 heteroatoms. The van der Waals surface area contributed by atoms with Gasteiger partial charge in [-0.3, -0.25) is 10.1 Å². The molecule has 180 valence electrons. The van der Waals surface area contributed by atoms with Gasteiger partial charge < -0.3 is 4.74 Å². The van der Waals surface area contributed by atoms with Crippen molar-refractivity contribution in [2.45, 2.75) is 44.6 Å². The van der Waals surface area contributed by atoms with Crippen molar-refractivity contribution >= 4 is 44.0 Å². The van der Waals surface area contributed by atoms with Crippen LogP contribution >= 0.6 is 22.9 Å². The van der Waals surface area contributed by atoms with Crippen LogP contribution in [0.15, 0.2) is 46.7 Å². The minimum Gasteiger partial charge on any atom is -0.481 e. The summed E-state index contributed by atoms with van der Waals surface area (Å²) >= 11 is 7.49. The van der Waals surface area contributed by atoms with E-state index in [4.69, 9.17) is 16.3 Å². The van der Waals surface area contributed by atoms with E-state index < -0.39 is 16.1 Å². The molecule has 0 saturated carbocycles. The Morgan fingerprint density at radius 1 is 1.15 bits per heavy atom. The van der Waals surface area contributed by atoms with Gasteiger partial charge in [0.05, 0.1) is 10.6 Å². The third-order valence-electron chi connectivity index (χ3n) is 5.68. The number of hydrogen-bond donors (Lipinski definition) is 1. The Balaban J connectivity index is 1.40. The van der Waals surface area contributed by atoms with Crippen molar-refractivity contribution in [3.8, 4) is 17.0 Å². The number of ether oxygens (including phenoxy) is 1. The van der Waals surface area contributed by atoms with Gasteiger partial charge >= 0.3 is 0 Å². The Morgan fingerprint density at radius 2 is 1.76 bits per heavy atom. The Kier molecular flexibility index (Phi) is 7.28. The molecule has 0 radical (unpaired) electrons. The number of hydrogen-bond acceptors (Lipinski definition) is 6. The number of amides is 1. The molecule has 1 aliphatic rings. The fourth-order valence-corrected chi connectivity index (χ4v) is 6.13. The lowest BCUT2D eigenvalue weighted by Crippen LogP contribution is -2.30. The zero-order chi connectivity index (χ0) is 24.5. The number of anilines is 1. The highest BCUT2D eigenvalue weighted by atomic mass is 35.5. The van der Waals surface area contributed by atoms with Crippen LogP contribution in [0.1, 0.15) is 30.9 Å². The van der Waals surface area contributed by atoms with Gasteiger partial charge in [0.2, 0.25) is 10.0 Å². The molecule has 1 atom stereocenters. The predicted octanol–water partition coefficient (Wildman–Crippen LogP) is 5.27. The van der Waals surface area contributed by atoms with Gasteiger partial charge in [0, 0.05) is 29.1 Å². The first-order chi connectivity index (χ1) is 16.1. The summed E-state index contributed by atoms with van der Waals surface area (Å²) in [7, 11) is -3.45. The number of halogens is 1. The molecule has 0 spiro atoms. The van der Waals surface area contributed by atoms with Gasteiger partial charge in [0.1, 0.15) is 5.75 Å². The number of rotatable bonds is 7. The highest BCUT2D eigenvalue weighted by Gasteiger charge is 2.27. The molecule has 1 amide bonds. The maximum Gasteiger partial charge on any atom is 0.266 e. The zero-order valence-electron chi connectivity index (χ0n) is 19.2. The second-order valence-electron chi connectivity index (χ2n) is 8.29. The molecule has 2 aromatic carbocycles. The molecule has 2 heterocycles. The van der Waals surface area contributed by atoms with Crippen LogP contribution in [0.2, 0.25) is 5.02 Å². The summed E-state index contributed by atoms with van der Waals surface area (Å²) in [6, 6.07) is 10.3. The van der Waals surface area contributed by atoms with E-state index in [1.807, 2.05) is 19.2 Å². The molecule has 1 N–H and O–H groups in total. The maximum absolute atomic E-state index is 12.7. The first-order valence-corrected chi connectivity index (χ1v) is 13.7. The largest absolute Gasteiger partial charge is 0.481 e. The Bertz CT molecular complexity index is 1280. The van der Waals surface area contributed by atoms with E-state index in [2.05, 4.69) is 10.3 Å². The minimum absolute atomic E-state index is 0.278. The second-order valence-corrected chi connectivity index (χ2v) is 11.5. The van der Waals surface area contributed by atoms with Crippen LogP contribution in [-0.4, -0.2) is 42.8 Å². The lowest BCUT2D eigenvalue weighted by atomic mass is 10.1. The highest BCUT2D eigenvalue weighted by molar-refractivity contribution is 7.89. The molecule has 1 aromatic heterocycles. The van der Waals surface area contributed by atoms with Gasteiger partial charge in [-0.05, 0) is 69.0 Å². The second kappa shape index (κ2) is 10.0. The molecule has 1 unspecified atom stereocenters. The molecule has 7 nitrogen and oxygen atoms in total. The van der Waals surface area contributed by atoms with Crippen molar-refractivity contribution in [3.05, 3.63) is 57.9 Å². The standard InChI is InChI=1S/C24H26ClN3O4S2/c1-15-12-19(13-16(2)22(15)25)32-17(3)23(29)27-24-26-21(14-33-24)18-6-8-20(9-7-18)34(30,31)28-10-4-5-11-28/h6-9,12-14,17H,4-5,10-11H2,1-3H3,(H,26,27,29). The molecule has 34 heavy (non-hydrogen) atoms. The molecule has 0 aliphatic carbocycles. The first-order valence-electron chi connectivity index (χ1n) is 11.0. The summed E-state index contributed by atoms with van der Waals surface area (Å²) in [6.45, 7) is 6.58. The average Bonchev–Trinajstić information content (AvgIpc) is 3.50. The molecule has 3 aromatic rings. The molecular formula is C24H26ClN3O4S2. The van der Waals surface area contributed by atoms with Gasteiger partial charge in [0.15, 0.2) is 11.2 Å². The van der Waals surface area contributed by atoms with Crippen LogP contribution in [0.25, 0.3) is 11.3 Å². The Labute approximate surface area is 208 Å². The number of nitrogens with zero attached hydrogens (tertiary/aromatic N) is 2. The minimum atomic E-state index is -3.45. The maximum atomic E-state index is 12.7. The van der Waals surface area contributed by atoms with Crippen molar-refractivity contribution < 1.29 is 17.9 Å². The molecule has 1 saturated heterocycles. The number of aryl methyl sites for hydroxylation is 2. The summed E-state index contributed by atoms with van der Waals surface area (Å²) in [5.74, 6) is 0.254. The molecule has 1 fully saturated rings. The quantitative estimate of drug-likeness (QED) is 0.459. The molecule has 4 rings (SSSR count). The van der Waals surface area contributed by atoms with Crippen molar-refractivity contribution in [1.82, 2.24) is 9.29 Å². The number of nitrogens with one attached hydrogen (secondary N) is 1. The smallest absolute Gasteiger partial charge is 0.266 e. The number of aromatic nitrogens is 1. The number of carbonyl (C=O) groups excluding carboxylic acids is 1. The van der Waals surface area contributed by atoms with Crippen LogP contribution in [0.4, 0.5) is 5.13 Å². The number of thiazole rings is 1. The Morgan fingerprint density at radius 3 is 2.38 bits per heavy atom. The predicted molar refractivity (Wildman–Crippen MR) is 135 cm³/mol. The zero-order valence-corrected chi connectivity index (χ0v) is 21.6. The van der Waals surface area contributed by atoms with Crippen LogP contribution < -0.4 is 10.1 Å². The molecule has 0 bridgehead atoms. The van der Waals surface area contributed by atoms with E-state index in [-0.39, 0.29) is 10.8 Å². The average molecular weight is 520 g/mol. The summed E-state index contributed by atoms with van der Waals surface area (Å²) in [6.07, 6.45) is 1.06. The highest BCUT2D eigenvalue weighted by Crippen LogP contribution is 2.29. The monoisotopic (exact) mass is 519 g/mol. The number of benzene rings is 2. The van der Waals surface area contributed by atoms with Crippen LogP contribution in [0, 0.1) is 13.8 Å². The Hall–Kier alpha value is -2.46. The van der Waals surface area contributed by atoms with E-state index in [1.54, 1.807) is 43.3 Å². The topological polar surface area (TPSA) is 88.6 Å². The van der Waals surface area contributed by atoms with Gasteiger partial charge in [-0.1, -0.05) is 23.7 Å². The van der Waals surface area contributed by atoms with E-state index in [0.29, 0.717) is 34.7 Å². The van der Waals surface area contributed by atoms with E-state index >= 15 is 0 Å². The molecular weight excluding hydrogens is 494 g/mol. The van der Waals surface area contributed by atoms with E-state index in [0.717, 1.165) is 29.5 Å². The lowest BCUT2D eigenvalue weighted by Gasteiger charge is -2.15. The van der Waals surface area contributed by atoms with Gasteiger partial charge in [-0.25, -0.2) is 13.4 Å². The normalized spacial score (nSPS) is 15.3.